The summed E-state index contributed by atoms with van der Waals surface area (Å²) in [5.41, 5.74) is 1.71. The average Bonchev–Trinajstić information content (AvgIpc) is 3.44. The van der Waals surface area contributed by atoms with E-state index in [0.717, 1.165) is 38.1 Å². The number of hydrogen-bond acceptors (Lipinski definition) is 6. The van der Waals surface area contributed by atoms with Crippen LogP contribution in [0.15, 0.2) is 53.0 Å². The molecule has 0 aliphatic carbocycles. The normalized spacial score (nSPS) is 19.0. The molecule has 2 heterocycles. The number of nitrogens with zero attached hydrogens (tertiary/aromatic N) is 2. The molecule has 4 rings (SSSR count). The Bertz CT molecular complexity index is 1090. The number of halogens is 1. The van der Waals surface area contributed by atoms with Crippen LogP contribution in [0.1, 0.15) is 42.4 Å². The molecule has 0 saturated carbocycles. The van der Waals surface area contributed by atoms with E-state index >= 15 is 0 Å². The number of nitrogens with one attached hydrogen (secondary N) is 1. The minimum absolute atomic E-state index is 0.272. The highest BCUT2D eigenvalue weighted by atomic mass is 79.9. The first-order valence-corrected chi connectivity index (χ1v) is 12.0. The number of carbonyl (C=O) groups is 2. The Morgan fingerprint density at radius 2 is 1.88 bits per heavy atom. The summed E-state index contributed by atoms with van der Waals surface area (Å²) in [6, 6.07) is 14.5. The molecule has 1 aliphatic heterocycles. The third-order valence-corrected chi connectivity index (χ3v) is 7.35. The lowest BCUT2D eigenvalue weighted by atomic mass is 10.1. The number of rotatable bonds is 6. The van der Waals surface area contributed by atoms with E-state index in [0.29, 0.717) is 6.54 Å². The van der Waals surface area contributed by atoms with Crippen LogP contribution in [0.4, 0.5) is 0 Å². The molecule has 1 aromatic heterocycles. The number of hydrogen-bond donors (Lipinski definition) is 3. The van der Waals surface area contributed by atoms with Crippen LogP contribution in [0.25, 0.3) is 10.2 Å². The summed E-state index contributed by atoms with van der Waals surface area (Å²) in [7, 11) is 0. The maximum atomic E-state index is 13.0. The van der Waals surface area contributed by atoms with E-state index in [4.69, 9.17) is 0 Å². The SMILES string of the molecule is C[C@H](NC(=O)[C@H](O)[C@@H](O)C(=O)N1CCCC1c1nc2ccccc2s1)c1ccc(Br)cc1. The monoisotopic (exact) mass is 517 g/mol. The Labute approximate surface area is 198 Å². The summed E-state index contributed by atoms with van der Waals surface area (Å²) in [6.45, 7) is 2.21. The van der Waals surface area contributed by atoms with Crippen LogP contribution in [-0.2, 0) is 9.59 Å². The molecule has 32 heavy (non-hydrogen) atoms. The standard InChI is InChI=1S/C23H24BrN3O4S/c1-13(14-8-10-15(24)11-9-14)25-21(30)19(28)20(29)23(31)27-12-4-6-17(27)22-26-16-5-2-3-7-18(16)32-22/h2-3,5,7-11,13,17,19-20,28-29H,4,6,12H2,1H3,(H,25,30)/t13-,17?,19+,20+/m0/s1. The number of thiazole rings is 1. The third-order valence-electron chi connectivity index (χ3n) is 5.68. The number of likely N-dealkylation sites (tertiary alicyclic amines) is 1. The molecule has 4 atom stereocenters. The number of benzene rings is 2. The maximum Gasteiger partial charge on any atom is 0.255 e. The van der Waals surface area contributed by atoms with Gasteiger partial charge in [-0.05, 0) is 49.6 Å². The van der Waals surface area contributed by atoms with Gasteiger partial charge in [0.15, 0.2) is 12.2 Å². The van der Waals surface area contributed by atoms with Crippen LogP contribution < -0.4 is 5.32 Å². The van der Waals surface area contributed by atoms with Gasteiger partial charge in [-0.15, -0.1) is 11.3 Å². The van der Waals surface area contributed by atoms with Crippen molar-refractivity contribution in [2.75, 3.05) is 6.54 Å². The fourth-order valence-corrected chi connectivity index (χ4v) is 5.28. The molecule has 2 amide bonds. The van der Waals surface area contributed by atoms with Crippen molar-refractivity contribution in [3.63, 3.8) is 0 Å². The van der Waals surface area contributed by atoms with Gasteiger partial charge < -0.3 is 20.4 Å². The van der Waals surface area contributed by atoms with Gasteiger partial charge in [-0.3, -0.25) is 9.59 Å². The lowest BCUT2D eigenvalue weighted by molar-refractivity contribution is -0.154. The van der Waals surface area contributed by atoms with Gasteiger partial charge in [-0.1, -0.05) is 40.2 Å². The molecule has 0 radical (unpaired) electrons. The van der Waals surface area contributed by atoms with Crippen LogP contribution in [0.2, 0.25) is 0 Å². The molecule has 7 nitrogen and oxygen atoms in total. The summed E-state index contributed by atoms with van der Waals surface area (Å²) in [4.78, 5) is 31.7. The molecule has 2 aromatic carbocycles. The van der Waals surface area contributed by atoms with Gasteiger partial charge in [-0.2, -0.15) is 0 Å². The topological polar surface area (TPSA) is 103 Å². The van der Waals surface area contributed by atoms with Crippen LogP contribution in [0.5, 0.6) is 0 Å². The van der Waals surface area contributed by atoms with Crippen molar-refractivity contribution in [3.8, 4) is 0 Å². The molecule has 0 spiro atoms. The van der Waals surface area contributed by atoms with Crippen molar-refractivity contribution in [3.05, 3.63) is 63.6 Å². The predicted octanol–water partition coefficient (Wildman–Crippen LogP) is 3.32. The second-order valence-corrected chi connectivity index (χ2v) is 9.86. The lowest BCUT2D eigenvalue weighted by Crippen LogP contribution is -2.50. The van der Waals surface area contributed by atoms with E-state index in [1.54, 1.807) is 6.92 Å². The van der Waals surface area contributed by atoms with Gasteiger partial charge in [0.1, 0.15) is 5.01 Å². The molecular weight excluding hydrogens is 494 g/mol. The van der Waals surface area contributed by atoms with Crippen LogP contribution >= 0.6 is 27.3 Å². The third kappa shape index (κ3) is 4.71. The van der Waals surface area contributed by atoms with E-state index in [1.807, 2.05) is 48.5 Å². The van der Waals surface area contributed by atoms with Gasteiger partial charge in [0.25, 0.3) is 11.8 Å². The first kappa shape index (κ1) is 22.8. The molecule has 168 valence electrons. The Morgan fingerprint density at radius 1 is 1.16 bits per heavy atom. The van der Waals surface area contributed by atoms with E-state index in [-0.39, 0.29) is 6.04 Å². The minimum Gasteiger partial charge on any atom is -0.380 e. The second kappa shape index (κ2) is 9.66. The number of aromatic nitrogens is 1. The molecule has 0 bridgehead atoms. The number of fused-ring (bicyclic) bond motifs is 1. The van der Waals surface area contributed by atoms with Gasteiger partial charge >= 0.3 is 0 Å². The maximum absolute atomic E-state index is 13.0. The van der Waals surface area contributed by atoms with Crippen molar-refractivity contribution in [2.45, 2.75) is 44.1 Å². The number of aliphatic hydroxyl groups excluding tert-OH is 2. The summed E-state index contributed by atoms with van der Waals surface area (Å²) in [5.74, 6) is -1.46. The summed E-state index contributed by atoms with van der Waals surface area (Å²) >= 11 is 4.88. The first-order chi connectivity index (χ1) is 15.3. The number of aliphatic hydroxyl groups is 2. The van der Waals surface area contributed by atoms with Crippen molar-refractivity contribution in [2.24, 2.45) is 0 Å². The van der Waals surface area contributed by atoms with Crippen molar-refractivity contribution >= 4 is 49.3 Å². The summed E-state index contributed by atoms with van der Waals surface area (Å²) < 4.78 is 1.94. The summed E-state index contributed by atoms with van der Waals surface area (Å²) in [5, 5.41) is 24.4. The Kier molecular flexibility index (Phi) is 6.90. The quantitative estimate of drug-likeness (QED) is 0.465. The largest absolute Gasteiger partial charge is 0.380 e. The van der Waals surface area contributed by atoms with Gasteiger partial charge in [-0.25, -0.2) is 4.98 Å². The number of carbonyl (C=O) groups excluding carboxylic acids is 2. The molecule has 1 aliphatic rings. The second-order valence-electron chi connectivity index (χ2n) is 7.88. The Balaban J connectivity index is 1.43. The zero-order valence-corrected chi connectivity index (χ0v) is 19.8. The van der Waals surface area contributed by atoms with E-state index in [9.17, 15) is 19.8 Å². The van der Waals surface area contributed by atoms with Crippen LogP contribution in [0.3, 0.4) is 0 Å². The molecule has 3 N–H and O–H groups in total. The van der Waals surface area contributed by atoms with Gasteiger partial charge in [0, 0.05) is 11.0 Å². The van der Waals surface area contributed by atoms with Crippen molar-refractivity contribution in [1.29, 1.82) is 0 Å². The average molecular weight is 518 g/mol. The zero-order valence-electron chi connectivity index (χ0n) is 17.4. The predicted molar refractivity (Wildman–Crippen MR) is 126 cm³/mol. The van der Waals surface area contributed by atoms with Crippen LogP contribution in [-0.4, -0.2) is 50.7 Å². The van der Waals surface area contributed by atoms with Crippen molar-refractivity contribution < 1.29 is 19.8 Å². The first-order valence-electron chi connectivity index (χ1n) is 10.4. The van der Waals surface area contributed by atoms with Crippen molar-refractivity contribution in [1.82, 2.24) is 15.2 Å². The molecular formula is C23H24BrN3O4S. The number of para-hydroxylation sites is 1. The van der Waals surface area contributed by atoms with E-state index < -0.39 is 30.1 Å². The Hall–Kier alpha value is -2.33. The Morgan fingerprint density at radius 3 is 2.59 bits per heavy atom. The fraction of sp³-hybridized carbons (Fsp3) is 0.348. The number of amides is 2. The molecule has 9 heteroatoms. The summed E-state index contributed by atoms with van der Waals surface area (Å²) in [6.07, 6.45) is -2.22. The molecule has 1 saturated heterocycles. The zero-order chi connectivity index (χ0) is 22.8. The molecule has 1 unspecified atom stereocenters. The molecule has 3 aromatic rings. The minimum atomic E-state index is -1.86. The highest BCUT2D eigenvalue weighted by Crippen LogP contribution is 2.36. The van der Waals surface area contributed by atoms with Crippen LogP contribution in [0, 0.1) is 0 Å². The van der Waals surface area contributed by atoms with Gasteiger partial charge in [0.05, 0.1) is 22.3 Å². The fourth-order valence-electron chi connectivity index (χ4n) is 3.90. The lowest BCUT2D eigenvalue weighted by Gasteiger charge is -2.27. The smallest absolute Gasteiger partial charge is 0.255 e. The van der Waals surface area contributed by atoms with E-state index in [1.165, 1.54) is 16.2 Å². The molecule has 1 fully saturated rings. The van der Waals surface area contributed by atoms with Gasteiger partial charge in [0.2, 0.25) is 0 Å². The highest BCUT2D eigenvalue weighted by molar-refractivity contribution is 9.10. The highest BCUT2D eigenvalue weighted by Gasteiger charge is 2.39. The van der Waals surface area contributed by atoms with E-state index in [2.05, 4.69) is 26.2 Å².